The van der Waals surface area contributed by atoms with E-state index in [-0.39, 0.29) is 26.1 Å². The zero-order chi connectivity index (χ0) is 40.0. The first-order chi connectivity index (χ1) is 26.0. The Balaban J connectivity index is 4.54. The standard InChI is InChI=1S/C44H76NO8P/c1-6-8-10-12-14-16-18-20-21-22-23-25-27-29-31-33-35-37-44(47)53-42(41-52-54(48,49)51-39-38-45(3,4)5)40-50-43(46)36-34-32-30-28-26-24-19-17-15-13-11-9-7-2/h8,10,14,16-17,19-21,23,25,29,31,42H,6-7,9,11-13,15,18,22,24,26-28,30,32-41H2,1-5H3/p+1/b10-8-,16-14-,19-17-,21-20-,25-23-,31-29-/t42-/m1/s1. The first kappa shape index (κ1) is 51.5. The third-order valence-electron chi connectivity index (χ3n) is 8.22. The monoisotopic (exact) mass is 779 g/mol. The van der Waals surface area contributed by atoms with Crippen molar-refractivity contribution in [3.63, 3.8) is 0 Å². The Morgan fingerprint density at radius 3 is 1.65 bits per heavy atom. The summed E-state index contributed by atoms with van der Waals surface area (Å²) < 4.78 is 34.1. The minimum atomic E-state index is -4.39. The number of hydrogen-bond donors (Lipinski definition) is 1. The topological polar surface area (TPSA) is 108 Å². The summed E-state index contributed by atoms with van der Waals surface area (Å²) in [7, 11) is 1.42. The van der Waals surface area contributed by atoms with Crippen LogP contribution in [-0.4, -0.2) is 74.9 Å². The highest BCUT2D eigenvalue weighted by atomic mass is 31.2. The number of carbonyl (C=O) groups excluding carboxylic acids is 2. The number of rotatable bonds is 36. The molecule has 0 heterocycles. The first-order valence-electron chi connectivity index (χ1n) is 20.7. The van der Waals surface area contributed by atoms with Gasteiger partial charge >= 0.3 is 19.8 Å². The highest BCUT2D eigenvalue weighted by Gasteiger charge is 2.27. The van der Waals surface area contributed by atoms with Gasteiger partial charge in [-0.05, 0) is 77.0 Å². The molecule has 0 rings (SSSR count). The molecule has 9 nitrogen and oxygen atoms in total. The molecule has 0 saturated carbocycles. The van der Waals surface area contributed by atoms with E-state index in [1.54, 1.807) is 0 Å². The molecular formula is C44H77NO8P+. The van der Waals surface area contributed by atoms with Crippen LogP contribution in [0.3, 0.4) is 0 Å². The van der Waals surface area contributed by atoms with Crippen molar-refractivity contribution < 1.29 is 42.1 Å². The fourth-order valence-corrected chi connectivity index (χ4v) is 5.72. The first-order valence-corrected chi connectivity index (χ1v) is 22.2. The minimum absolute atomic E-state index is 0.0162. The molecule has 0 spiro atoms. The molecule has 0 aromatic heterocycles. The van der Waals surface area contributed by atoms with E-state index in [1.165, 1.54) is 32.1 Å². The van der Waals surface area contributed by atoms with Crippen molar-refractivity contribution in [2.75, 3.05) is 47.5 Å². The summed E-state index contributed by atoms with van der Waals surface area (Å²) in [5, 5.41) is 0. The summed E-state index contributed by atoms with van der Waals surface area (Å²) in [5.41, 5.74) is 0. The number of esters is 2. The third-order valence-corrected chi connectivity index (χ3v) is 9.20. The van der Waals surface area contributed by atoms with E-state index < -0.39 is 32.5 Å². The van der Waals surface area contributed by atoms with Crippen LogP contribution < -0.4 is 0 Å². The van der Waals surface area contributed by atoms with Gasteiger partial charge in [0, 0.05) is 12.8 Å². The molecule has 0 bridgehead atoms. The number of phosphoric acid groups is 1. The Labute approximate surface area is 329 Å². The van der Waals surface area contributed by atoms with Gasteiger partial charge in [-0.15, -0.1) is 0 Å². The number of phosphoric ester groups is 1. The predicted molar refractivity (Wildman–Crippen MR) is 224 cm³/mol. The molecule has 0 aliphatic heterocycles. The summed E-state index contributed by atoms with van der Waals surface area (Å²) in [4.78, 5) is 35.2. The molecule has 54 heavy (non-hydrogen) atoms. The lowest BCUT2D eigenvalue weighted by Gasteiger charge is -2.24. The van der Waals surface area contributed by atoms with Gasteiger partial charge in [-0.2, -0.15) is 0 Å². The highest BCUT2D eigenvalue weighted by molar-refractivity contribution is 7.47. The van der Waals surface area contributed by atoms with Crippen LogP contribution in [0.5, 0.6) is 0 Å². The third kappa shape index (κ3) is 39.2. The number of quaternary nitrogens is 1. The SMILES string of the molecule is CC/C=C\C/C=C\C/C=C\C/C=C\C/C=C\CCCC(=O)O[C@H](COC(=O)CCCCCCC/C=C\CCCCCC)COP(=O)(O)OCC[N+](C)(C)C. The zero-order valence-electron chi connectivity index (χ0n) is 34.7. The molecule has 0 radical (unpaired) electrons. The Hall–Kier alpha value is -2.55. The largest absolute Gasteiger partial charge is 0.472 e. The van der Waals surface area contributed by atoms with Crippen molar-refractivity contribution in [1.82, 2.24) is 0 Å². The van der Waals surface area contributed by atoms with Crippen molar-refractivity contribution in [3.05, 3.63) is 72.9 Å². The van der Waals surface area contributed by atoms with Gasteiger partial charge in [-0.3, -0.25) is 18.6 Å². The van der Waals surface area contributed by atoms with E-state index in [0.717, 1.165) is 70.6 Å². The van der Waals surface area contributed by atoms with Crippen LogP contribution in [0.2, 0.25) is 0 Å². The predicted octanol–water partition coefficient (Wildman–Crippen LogP) is 11.5. The van der Waals surface area contributed by atoms with E-state index in [2.05, 4.69) is 80.7 Å². The van der Waals surface area contributed by atoms with Crippen LogP contribution in [0.1, 0.15) is 142 Å². The molecule has 310 valence electrons. The molecule has 0 aromatic rings. The van der Waals surface area contributed by atoms with Gasteiger partial charge in [0.1, 0.15) is 19.8 Å². The van der Waals surface area contributed by atoms with Crippen LogP contribution in [0, 0.1) is 0 Å². The van der Waals surface area contributed by atoms with Gasteiger partial charge in [0.25, 0.3) is 0 Å². The van der Waals surface area contributed by atoms with Crippen molar-refractivity contribution in [2.45, 2.75) is 148 Å². The van der Waals surface area contributed by atoms with Gasteiger partial charge in [0.15, 0.2) is 6.10 Å². The van der Waals surface area contributed by atoms with Crippen molar-refractivity contribution in [3.8, 4) is 0 Å². The van der Waals surface area contributed by atoms with Crippen LogP contribution in [-0.2, 0) is 32.7 Å². The maximum Gasteiger partial charge on any atom is 0.472 e. The van der Waals surface area contributed by atoms with Crippen LogP contribution in [0.15, 0.2) is 72.9 Å². The summed E-state index contributed by atoms with van der Waals surface area (Å²) in [6.45, 7) is 4.19. The number of unbranched alkanes of at least 4 members (excludes halogenated alkanes) is 10. The molecule has 1 unspecified atom stereocenters. The van der Waals surface area contributed by atoms with Gasteiger partial charge < -0.3 is 18.9 Å². The Morgan fingerprint density at radius 1 is 0.593 bits per heavy atom. The maximum absolute atomic E-state index is 12.6. The van der Waals surface area contributed by atoms with Gasteiger partial charge in [0.05, 0.1) is 27.7 Å². The fourth-order valence-electron chi connectivity index (χ4n) is 4.98. The molecule has 2 atom stereocenters. The Morgan fingerprint density at radius 2 is 1.07 bits per heavy atom. The quantitative estimate of drug-likeness (QED) is 0.0220. The number of carbonyl (C=O) groups is 2. The Kier molecular flexibility index (Phi) is 34.4. The van der Waals surface area contributed by atoms with Crippen LogP contribution in [0.25, 0.3) is 0 Å². The smallest absolute Gasteiger partial charge is 0.462 e. The second kappa shape index (κ2) is 36.1. The van der Waals surface area contributed by atoms with E-state index in [9.17, 15) is 19.0 Å². The zero-order valence-corrected chi connectivity index (χ0v) is 35.6. The van der Waals surface area contributed by atoms with Crippen LogP contribution in [0.4, 0.5) is 0 Å². The number of nitrogens with zero attached hydrogens (tertiary/aromatic N) is 1. The molecule has 10 heteroatoms. The Bertz CT molecular complexity index is 1150. The van der Waals surface area contributed by atoms with E-state index in [1.807, 2.05) is 27.2 Å². The summed E-state index contributed by atoms with van der Waals surface area (Å²) >= 11 is 0. The van der Waals surface area contributed by atoms with E-state index in [0.29, 0.717) is 23.9 Å². The second-order valence-corrected chi connectivity index (χ2v) is 16.1. The number of ether oxygens (including phenoxy) is 2. The minimum Gasteiger partial charge on any atom is -0.462 e. The van der Waals surface area contributed by atoms with Gasteiger partial charge in [0.2, 0.25) is 0 Å². The van der Waals surface area contributed by atoms with Crippen molar-refractivity contribution in [2.24, 2.45) is 0 Å². The van der Waals surface area contributed by atoms with Gasteiger partial charge in [-0.25, -0.2) is 4.57 Å². The molecule has 0 amide bonds. The normalized spacial score (nSPS) is 14.4. The molecule has 1 N–H and O–H groups in total. The molecular weight excluding hydrogens is 701 g/mol. The van der Waals surface area contributed by atoms with E-state index >= 15 is 0 Å². The summed E-state index contributed by atoms with van der Waals surface area (Å²) in [6, 6.07) is 0. The van der Waals surface area contributed by atoms with Crippen molar-refractivity contribution in [1.29, 1.82) is 0 Å². The molecule has 0 fully saturated rings. The lowest BCUT2D eigenvalue weighted by atomic mass is 10.1. The summed E-state index contributed by atoms with van der Waals surface area (Å²) in [6.07, 6.45) is 43.9. The average molecular weight is 779 g/mol. The summed E-state index contributed by atoms with van der Waals surface area (Å²) in [5.74, 6) is -0.885. The number of allylic oxidation sites excluding steroid dienone is 12. The molecule has 0 saturated heterocycles. The second-order valence-electron chi connectivity index (χ2n) is 14.6. The van der Waals surface area contributed by atoms with E-state index in [4.69, 9.17) is 18.5 Å². The molecule has 0 aliphatic rings. The van der Waals surface area contributed by atoms with Gasteiger partial charge in [-0.1, -0.05) is 125 Å². The number of hydrogen-bond acceptors (Lipinski definition) is 7. The van der Waals surface area contributed by atoms with Crippen molar-refractivity contribution >= 4 is 19.8 Å². The maximum atomic E-state index is 12.6. The number of likely N-dealkylation sites (N-methyl/N-ethyl adjacent to an activating group) is 1. The highest BCUT2D eigenvalue weighted by Crippen LogP contribution is 2.43. The average Bonchev–Trinajstić information content (AvgIpc) is 3.12. The molecule has 0 aliphatic carbocycles. The fraction of sp³-hybridized carbons (Fsp3) is 0.682. The lowest BCUT2D eigenvalue weighted by molar-refractivity contribution is -0.870. The lowest BCUT2D eigenvalue weighted by Crippen LogP contribution is -2.37. The van der Waals surface area contributed by atoms with Crippen LogP contribution >= 0.6 is 7.82 Å². The molecule has 0 aromatic carbocycles.